The van der Waals surface area contributed by atoms with Gasteiger partial charge in [-0.1, -0.05) is 36.3 Å². The Bertz CT molecular complexity index is 843. The van der Waals surface area contributed by atoms with E-state index < -0.39 is 24.4 Å². The van der Waals surface area contributed by atoms with E-state index >= 15 is 0 Å². The monoisotopic (exact) mass is 286 g/mol. The summed E-state index contributed by atoms with van der Waals surface area (Å²) in [5.74, 6) is 0. The van der Waals surface area contributed by atoms with Gasteiger partial charge in [-0.25, -0.2) is 0 Å². The van der Waals surface area contributed by atoms with Gasteiger partial charge in [0.15, 0.2) is 0 Å². The van der Waals surface area contributed by atoms with Gasteiger partial charge in [-0.05, 0) is 39.8 Å². The number of nitrogens with zero attached hydrogens (tertiary/aromatic N) is 1. The molecule has 2 aromatic rings. The SMILES string of the molecule is [2H]c1c([2H])c([2H])c(-c2cccc(B3OC(C)(C)C(C)(C)O3)n2)c([2H])c1[2H]. The minimum Gasteiger partial charge on any atom is -0.398 e. The fourth-order valence-electron chi connectivity index (χ4n) is 2.06. The van der Waals surface area contributed by atoms with Crippen LogP contribution in [-0.2, 0) is 9.31 Å². The van der Waals surface area contributed by atoms with Crippen molar-refractivity contribution < 1.29 is 16.2 Å². The fraction of sp³-hybridized carbons (Fsp3) is 0.353. The molecule has 108 valence electrons. The second-order valence-electron chi connectivity index (χ2n) is 6.04. The third kappa shape index (κ3) is 2.61. The molecule has 1 fully saturated rings. The average Bonchev–Trinajstić information content (AvgIpc) is 2.79. The van der Waals surface area contributed by atoms with Crippen molar-refractivity contribution in [2.24, 2.45) is 0 Å². The smallest absolute Gasteiger partial charge is 0.398 e. The summed E-state index contributed by atoms with van der Waals surface area (Å²) < 4.78 is 51.5. The van der Waals surface area contributed by atoms with Crippen LogP contribution in [0.5, 0.6) is 0 Å². The van der Waals surface area contributed by atoms with Crippen molar-refractivity contribution >= 4 is 12.7 Å². The Labute approximate surface area is 133 Å². The van der Waals surface area contributed by atoms with Gasteiger partial charge in [0.1, 0.15) is 0 Å². The molecule has 4 heteroatoms. The van der Waals surface area contributed by atoms with Crippen molar-refractivity contribution in [1.29, 1.82) is 0 Å². The van der Waals surface area contributed by atoms with Gasteiger partial charge in [0.05, 0.1) is 29.3 Å². The Morgan fingerprint density at radius 2 is 1.62 bits per heavy atom. The first-order valence-electron chi connectivity index (χ1n) is 9.36. The molecule has 21 heavy (non-hydrogen) atoms. The van der Waals surface area contributed by atoms with E-state index in [4.69, 9.17) is 16.2 Å². The molecule has 1 aromatic carbocycles. The summed E-state index contributed by atoms with van der Waals surface area (Å²) in [5.41, 5.74) is -0.199. The lowest BCUT2D eigenvalue weighted by Crippen LogP contribution is -2.41. The zero-order valence-electron chi connectivity index (χ0n) is 17.6. The summed E-state index contributed by atoms with van der Waals surface area (Å²) in [6, 6.07) is 3.30. The summed E-state index contributed by atoms with van der Waals surface area (Å²) in [5, 5.41) is 0. The highest BCUT2D eigenvalue weighted by Crippen LogP contribution is 2.36. The van der Waals surface area contributed by atoms with Gasteiger partial charge in [-0.15, -0.1) is 0 Å². The van der Waals surface area contributed by atoms with Crippen molar-refractivity contribution in [3.63, 3.8) is 0 Å². The molecule has 0 unspecified atom stereocenters. The van der Waals surface area contributed by atoms with E-state index in [0.29, 0.717) is 5.59 Å². The van der Waals surface area contributed by atoms with Gasteiger partial charge in [-0.3, -0.25) is 4.98 Å². The Morgan fingerprint density at radius 3 is 2.24 bits per heavy atom. The molecule has 0 bridgehead atoms. The molecule has 0 spiro atoms. The van der Waals surface area contributed by atoms with E-state index in [2.05, 4.69) is 4.98 Å². The molecule has 2 heterocycles. The Kier molecular flexibility index (Phi) is 2.22. The van der Waals surface area contributed by atoms with Crippen LogP contribution in [0.15, 0.2) is 48.4 Å². The summed E-state index contributed by atoms with van der Waals surface area (Å²) in [6.07, 6.45) is 0. The van der Waals surface area contributed by atoms with E-state index in [-0.39, 0.29) is 35.4 Å². The summed E-state index contributed by atoms with van der Waals surface area (Å²) >= 11 is 0. The predicted octanol–water partition coefficient (Wildman–Crippen LogP) is 3.05. The Hall–Kier alpha value is -1.65. The van der Waals surface area contributed by atoms with E-state index in [1.165, 1.54) is 0 Å². The van der Waals surface area contributed by atoms with Crippen molar-refractivity contribution in [3.05, 3.63) is 48.4 Å². The number of hydrogen-bond donors (Lipinski definition) is 0. The topological polar surface area (TPSA) is 31.4 Å². The molecule has 1 aromatic heterocycles. The van der Waals surface area contributed by atoms with Crippen LogP contribution in [0.1, 0.15) is 34.5 Å². The molecule has 0 radical (unpaired) electrons. The Balaban J connectivity index is 2.08. The lowest BCUT2D eigenvalue weighted by molar-refractivity contribution is 0.00578. The number of aromatic nitrogens is 1. The standard InChI is InChI=1S/C17H20BNO2/c1-16(2)17(3,4)21-18(20-16)15-12-8-11-14(19-15)13-9-6-5-7-10-13/h5-12H,1-4H3/i5D,6D,7D,9D,10D. The van der Waals surface area contributed by atoms with Crippen molar-refractivity contribution in [2.75, 3.05) is 0 Å². The molecule has 0 atom stereocenters. The van der Waals surface area contributed by atoms with Gasteiger partial charge in [0.25, 0.3) is 0 Å². The molecule has 3 nitrogen and oxygen atoms in total. The number of pyridine rings is 1. The third-order valence-electron chi connectivity index (χ3n) is 4.02. The first kappa shape index (κ1) is 9.39. The molecule has 1 aliphatic heterocycles. The maximum Gasteiger partial charge on any atom is 0.514 e. The first-order valence-corrected chi connectivity index (χ1v) is 6.86. The maximum absolute atomic E-state index is 8.10. The van der Waals surface area contributed by atoms with E-state index in [1.54, 1.807) is 18.2 Å². The molecule has 0 aliphatic carbocycles. The fourth-order valence-corrected chi connectivity index (χ4v) is 2.06. The molecule has 1 aliphatic rings. The highest BCUT2D eigenvalue weighted by atomic mass is 16.7. The largest absolute Gasteiger partial charge is 0.514 e. The quantitative estimate of drug-likeness (QED) is 0.795. The van der Waals surface area contributed by atoms with Gasteiger partial charge in [-0.2, -0.15) is 0 Å². The summed E-state index contributed by atoms with van der Waals surface area (Å²) in [7, 11) is -0.690. The molecule has 0 saturated carbocycles. The van der Waals surface area contributed by atoms with E-state index in [1.807, 2.05) is 27.7 Å². The van der Waals surface area contributed by atoms with Gasteiger partial charge >= 0.3 is 7.12 Å². The van der Waals surface area contributed by atoms with Crippen molar-refractivity contribution in [1.82, 2.24) is 4.98 Å². The lowest BCUT2D eigenvalue weighted by Gasteiger charge is -2.32. The molecule has 0 amide bonds. The molecule has 3 rings (SSSR count). The Morgan fingerprint density at radius 1 is 1.00 bits per heavy atom. The zero-order valence-corrected chi connectivity index (χ0v) is 12.6. The molecular weight excluding hydrogens is 261 g/mol. The zero-order chi connectivity index (χ0) is 19.4. The first-order chi connectivity index (χ1) is 12.0. The minimum atomic E-state index is -0.690. The van der Waals surface area contributed by atoms with Crippen molar-refractivity contribution in [2.45, 2.75) is 38.9 Å². The molecular formula is C17H20BNO2. The van der Waals surface area contributed by atoms with Gasteiger partial charge < -0.3 is 9.31 Å². The minimum absolute atomic E-state index is 0.0642. The second-order valence-corrected chi connectivity index (χ2v) is 6.04. The van der Waals surface area contributed by atoms with Crippen molar-refractivity contribution in [3.8, 4) is 11.3 Å². The normalized spacial score (nSPS) is 23.0. The maximum atomic E-state index is 8.10. The van der Waals surface area contributed by atoms with Crippen LogP contribution < -0.4 is 5.59 Å². The summed E-state index contributed by atoms with van der Waals surface area (Å²) in [4.78, 5) is 4.47. The van der Waals surface area contributed by atoms with Crippen LogP contribution >= 0.6 is 0 Å². The highest BCUT2D eigenvalue weighted by Gasteiger charge is 2.52. The third-order valence-corrected chi connectivity index (χ3v) is 4.02. The molecule has 1 saturated heterocycles. The van der Waals surface area contributed by atoms with Crippen LogP contribution in [0, 0.1) is 0 Å². The molecule has 0 N–H and O–H groups in total. The highest BCUT2D eigenvalue weighted by molar-refractivity contribution is 6.61. The van der Waals surface area contributed by atoms with Gasteiger partial charge in [0.2, 0.25) is 0 Å². The average molecular weight is 286 g/mol. The van der Waals surface area contributed by atoms with Crippen LogP contribution in [0.25, 0.3) is 11.3 Å². The number of rotatable bonds is 2. The van der Waals surface area contributed by atoms with E-state index in [9.17, 15) is 0 Å². The van der Waals surface area contributed by atoms with Crippen LogP contribution in [0.4, 0.5) is 0 Å². The number of benzene rings is 1. The van der Waals surface area contributed by atoms with Crippen LogP contribution in [0.2, 0.25) is 0 Å². The van der Waals surface area contributed by atoms with Gasteiger partial charge in [0, 0.05) is 5.56 Å². The number of hydrogen-bond acceptors (Lipinski definition) is 3. The summed E-state index contributed by atoms with van der Waals surface area (Å²) in [6.45, 7) is 7.75. The second kappa shape index (κ2) is 4.97. The van der Waals surface area contributed by atoms with E-state index in [0.717, 1.165) is 0 Å². The van der Waals surface area contributed by atoms with Crippen LogP contribution in [-0.4, -0.2) is 23.3 Å². The predicted molar refractivity (Wildman–Crippen MR) is 85.4 cm³/mol. The lowest BCUT2D eigenvalue weighted by atomic mass is 9.84. The van der Waals surface area contributed by atoms with Crippen LogP contribution in [0.3, 0.4) is 0 Å².